The van der Waals surface area contributed by atoms with Gasteiger partial charge in [0, 0.05) is 36.9 Å². The molecule has 2 aromatic rings. The molecule has 0 bridgehead atoms. The lowest BCUT2D eigenvalue weighted by Crippen LogP contribution is -2.37. The summed E-state index contributed by atoms with van der Waals surface area (Å²) in [5, 5.41) is 9.96. The topological polar surface area (TPSA) is 56.3 Å². The SMILES string of the molecule is CC(C)C(O)COc1ccc2c(c1)CCN(c1ccc(N3CCC(N(C)C)C3)c(F)c1)C2=O. The monoisotopic (exact) mass is 455 g/mol. The Morgan fingerprint density at radius 1 is 1.18 bits per heavy atom. The van der Waals surface area contributed by atoms with Crippen LogP contribution in [-0.2, 0) is 6.42 Å². The number of hydrogen-bond donors (Lipinski definition) is 1. The molecule has 2 aliphatic rings. The van der Waals surface area contributed by atoms with E-state index in [1.54, 1.807) is 23.1 Å². The molecular formula is C26H34FN3O3. The number of aliphatic hydroxyl groups is 1. The van der Waals surface area contributed by atoms with Crippen molar-refractivity contribution in [2.75, 3.05) is 50.1 Å². The van der Waals surface area contributed by atoms with Gasteiger partial charge in [-0.1, -0.05) is 13.8 Å². The Hall–Kier alpha value is -2.64. The summed E-state index contributed by atoms with van der Waals surface area (Å²) in [5.74, 6) is 0.333. The van der Waals surface area contributed by atoms with E-state index in [-0.39, 0.29) is 24.2 Å². The van der Waals surface area contributed by atoms with Crippen LogP contribution >= 0.6 is 0 Å². The van der Waals surface area contributed by atoms with Gasteiger partial charge in [0.05, 0.1) is 11.8 Å². The Kier molecular flexibility index (Phi) is 6.91. The molecular weight excluding hydrogens is 421 g/mol. The summed E-state index contributed by atoms with van der Waals surface area (Å²) in [4.78, 5) is 19.1. The van der Waals surface area contributed by atoms with Crippen LogP contribution in [0.3, 0.4) is 0 Å². The Morgan fingerprint density at radius 3 is 2.64 bits per heavy atom. The van der Waals surface area contributed by atoms with E-state index in [0.29, 0.717) is 41.7 Å². The van der Waals surface area contributed by atoms with Gasteiger partial charge in [-0.3, -0.25) is 4.79 Å². The van der Waals surface area contributed by atoms with Crippen LogP contribution in [0.2, 0.25) is 0 Å². The van der Waals surface area contributed by atoms with Gasteiger partial charge in [0.1, 0.15) is 18.2 Å². The number of ether oxygens (including phenoxy) is 1. The highest BCUT2D eigenvalue weighted by Crippen LogP contribution is 2.32. The van der Waals surface area contributed by atoms with Crippen LogP contribution in [0.5, 0.6) is 5.75 Å². The molecule has 1 N–H and O–H groups in total. The maximum Gasteiger partial charge on any atom is 0.258 e. The molecule has 2 atom stereocenters. The number of carbonyl (C=O) groups excluding carboxylic acids is 1. The summed E-state index contributed by atoms with van der Waals surface area (Å²) in [7, 11) is 4.11. The van der Waals surface area contributed by atoms with Crippen LogP contribution in [0.15, 0.2) is 36.4 Å². The molecule has 1 fully saturated rings. The molecule has 0 saturated carbocycles. The summed E-state index contributed by atoms with van der Waals surface area (Å²) in [5.41, 5.74) is 2.70. The molecule has 178 valence electrons. The first-order valence-electron chi connectivity index (χ1n) is 11.7. The van der Waals surface area contributed by atoms with Gasteiger partial charge in [-0.05, 0) is 74.8 Å². The zero-order valence-electron chi connectivity index (χ0n) is 19.9. The predicted octanol–water partition coefficient (Wildman–Crippen LogP) is 3.56. The third-order valence-corrected chi connectivity index (χ3v) is 6.82. The first kappa shape index (κ1) is 23.5. The lowest BCUT2D eigenvalue weighted by molar-refractivity contribution is 0.0700. The molecule has 7 heteroatoms. The molecule has 2 unspecified atom stereocenters. The number of benzene rings is 2. The standard InChI is InChI=1S/C26H34FN3O3/c1-17(2)25(31)16-33-21-6-7-22-18(13-21)9-12-30(26(22)32)19-5-8-24(23(27)14-19)29-11-10-20(15-29)28(3)4/h5-8,13-14,17,20,25,31H,9-12,15-16H2,1-4H3. The fourth-order valence-corrected chi connectivity index (χ4v) is 4.48. The van der Waals surface area contributed by atoms with Gasteiger partial charge in [-0.15, -0.1) is 0 Å². The van der Waals surface area contributed by atoms with E-state index in [0.717, 1.165) is 25.1 Å². The fraction of sp³-hybridized carbons (Fsp3) is 0.500. The van der Waals surface area contributed by atoms with Gasteiger partial charge in [-0.25, -0.2) is 4.39 Å². The molecule has 0 spiro atoms. The van der Waals surface area contributed by atoms with Crippen LogP contribution in [0.25, 0.3) is 0 Å². The van der Waals surface area contributed by atoms with Crippen molar-refractivity contribution >= 4 is 17.3 Å². The van der Waals surface area contributed by atoms with Crippen LogP contribution in [0.1, 0.15) is 36.2 Å². The number of nitrogens with zero attached hydrogens (tertiary/aromatic N) is 3. The Morgan fingerprint density at radius 2 is 1.97 bits per heavy atom. The minimum Gasteiger partial charge on any atom is -0.491 e. The Bertz CT molecular complexity index is 1010. The third kappa shape index (κ3) is 4.99. The third-order valence-electron chi connectivity index (χ3n) is 6.82. The van der Waals surface area contributed by atoms with Gasteiger partial charge in [0.25, 0.3) is 5.91 Å². The van der Waals surface area contributed by atoms with Gasteiger partial charge >= 0.3 is 0 Å². The number of carbonyl (C=O) groups is 1. The van der Waals surface area contributed by atoms with Crippen LogP contribution < -0.4 is 14.5 Å². The van der Waals surface area contributed by atoms with Crippen LogP contribution in [-0.4, -0.2) is 68.4 Å². The summed E-state index contributed by atoms with van der Waals surface area (Å²) in [6, 6.07) is 10.9. The van der Waals surface area contributed by atoms with Crippen molar-refractivity contribution in [1.29, 1.82) is 0 Å². The van der Waals surface area contributed by atoms with E-state index >= 15 is 4.39 Å². The predicted molar refractivity (Wildman–Crippen MR) is 129 cm³/mol. The maximum atomic E-state index is 15.0. The van der Waals surface area contributed by atoms with Crippen molar-refractivity contribution in [3.8, 4) is 5.75 Å². The first-order valence-corrected chi connectivity index (χ1v) is 11.7. The molecule has 6 nitrogen and oxygen atoms in total. The Labute approximate surface area is 195 Å². The minimum atomic E-state index is -0.537. The highest BCUT2D eigenvalue weighted by molar-refractivity contribution is 6.08. The molecule has 0 aliphatic carbocycles. The van der Waals surface area contributed by atoms with E-state index in [2.05, 4.69) is 23.9 Å². The highest BCUT2D eigenvalue weighted by atomic mass is 19.1. The van der Waals surface area contributed by atoms with Gasteiger partial charge < -0.3 is 24.5 Å². The van der Waals surface area contributed by atoms with Crippen LogP contribution in [0, 0.1) is 11.7 Å². The second-order valence-electron chi connectivity index (χ2n) is 9.64. The molecule has 33 heavy (non-hydrogen) atoms. The second kappa shape index (κ2) is 9.69. The normalized spacial score (nSPS) is 19.4. The molecule has 2 aliphatic heterocycles. The number of fused-ring (bicyclic) bond motifs is 1. The average molecular weight is 456 g/mol. The zero-order valence-corrected chi connectivity index (χ0v) is 19.9. The summed E-state index contributed by atoms with van der Waals surface area (Å²) < 4.78 is 20.7. The zero-order chi connectivity index (χ0) is 23.7. The van der Waals surface area contributed by atoms with Gasteiger partial charge in [0.2, 0.25) is 0 Å². The fourth-order valence-electron chi connectivity index (χ4n) is 4.48. The largest absolute Gasteiger partial charge is 0.491 e. The molecule has 2 aromatic carbocycles. The van der Waals surface area contributed by atoms with E-state index in [9.17, 15) is 9.90 Å². The quantitative estimate of drug-likeness (QED) is 0.692. The second-order valence-corrected chi connectivity index (χ2v) is 9.64. The maximum absolute atomic E-state index is 15.0. The highest BCUT2D eigenvalue weighted by Gasteiger charge is 2.29. The van der Waals surface area contributed by atoms with E-state index in [4.69, 9.17) is 4.74 Å². The van der Waals surface area contributed by atoms with Gasteiger partial charge in [0.15, 0.2) is 0 Å². The lowest BCUT2D eigenvalue weighted by Gasteiger charge is -2.30. The van der Waals surface area contributed by atoms with E-state index < -0.39 is 6.10 Å². The van der Waals surface area contributed by atoms with Gasteiger partial charge in [-0.2, -0.15) is 0 Å². The minimum absolute atomic E-state index is 0.115. The number of aliphatic hydroxyl groups excluding tert-OH is 1. The average Bonchev–Trinajstić information content (AvgIpc) is 3.28. The summed E-state index contributed by atoms with van der Waals surface area (Å²) in [6.45, 7) is 6.21. The number of likely N-dealkylation sites (N-methyl/N-ethyl adjacent to an activating group) is 1. The van der Waals surface area contributed by atoms with Crippen molar-refractivity contribution in [1.82, 2.24) is 4.90 Å². The van der Waals surface area contributed by atoms with Crippen molar-refractivity contribution in [3.63, 3.8) is 0 Å². The van der Waals surface area contributed by atoms with Crippen molar-refractivity contribution in [2.45, 2.75) is 38.8 Å². The van der Waals surface area contributed by atoms with Crippen molar-refractivity contribution in [3.05, 3.63) is 53.3 Å². The molecule has 2 heterocycles. The van der Waals surface area contributed by atoms with E-state index in [1.807, 2.05) is 26.0 Å². The van der Waals surface area contributed by atoms with Crippen molar-refractivity contribution < 1.29 is 19.0 Å². The molecule has 4 rings (SSSR count). The first-order chi connectivity index (χ1) is 15.7. The molecule has 0 radical (unpaired) electrons. The lowest BCUT2D eigenvalue weighted by atomic mass is 9.98. The number of amides is 1. The Balaban J connectivity index is 1.46. The van der Waals surface area contributed by atoms with Crippen molar-refractivity contribution in [2.24, 2.45) is 5.92 Å². The molecule has 1 saturated heterocycles. The molecule has 0 aromatic heterocycles. The number of hydrogen-bond acceptors (Lipinski definition) is 5. The van der Waals surface area contributed by atoms with E-state index in [1.165, 1.54) is 6.07 Å². The number of anilines is 2. The summed E-state index contributed by atoms with van der Waals surface area (Å²) in [6.07, 6.45) is 1.13. The smallest absolute Gasteiger partial charge is 0.258 e. The van der Waals surface area contributed by atoms with Crippen LogP contribution in [0.4, 0.5) is 15.8 Å². The number of rotatable bonds is 7. The summed E-state index contributed by atoms with van der Waals surface area (Å²) >= 11 is 0. The molecule has 1 amide bonds. The number of halogens is 1.